The largest absolute Gasteiger partial charge is 0.306 e. The lowest BCUT2D eigenvalue weighted by Gasteiger charge is -2.28. The molecule has 0 aliphatic rings. The van der Waals surface area contributed by atoms with Crippen LogP contribution in [-0.2, 0) is 0 Å². The van der Waals surface area contributed by atoms with Crippen LogP contribution in [0, 0.1) is 12.3 Å². The third-order valence-corrected chi connectivity index (χ3v) is 4.37. The fourth-order valence-electron chi connectivity index (χ4n) is 2.47. The lowest BCUT2D eigenvalue weighted by molar-refractivity contribution is 0.318. The van der Waals surface area contributed by atoms with Gasteiger partial charge in [-0.2, -0.15) is 0 Å². The summed E-state index contributed by atoms with van der Waals surface area (Å²) in [6.07, 6.45) is 1.18. The minimum Gasteiger partial charge on any atom is -0.306 e. The van der Waals surface area contributed by atoms with Gasteiger partial charge in [-0.05, 0) is 35.4 Å². The number of hydrogen-bond acceptors (Lipinski definition) is 1. The maximum atomic E-state index is 3.78. The standard InChI is InChI=1S/C20H27N/c1-5-20(3,4)15-21-19(17-12-7-6-8-13-17)18-14-10-9-11-16(18)2/h6-14,19,21H,5,15H2,1-4H3. The molecule has 0 heterocycles. The van der Waals surface area contributed by atoms with Crippen LogP contribution in [0.2, 0.25) is 0 Å². The third-order valence-electron chi connectivity index (χ3n) is 4.37. The van der Waals surface area contributed by atoms with Crippen LogP contribution < -0.4 is 5.32 Å². The molecular formula is C20H27N. The number of benzene rings is 2. The normalized spacial score (nSPS) is 13.1. The zero-order valence-corrected chi connectivity index (χ0v) is 13.7. The van der Waals surface area contributed by atoms with Crippen molar-refractivity contribution in [1.82, 2.24) is 5.32 Å². The molecule has 0 saturated heterocycles. The smallest absolute Gasteiger partial charge is 0.0579 e. The van der Waals surface area contributed by atoms with E-state index in [9.17, 15) is 0 Å². The van der Waals surface area contributed by atoms with E-state index in [0.29, 0.717) is 5.41 Å². The molecule has 0 spiro atoms. The Labute approximate surface area is 129 Å². The van der Waals surface area contributed by atoms with Crippen molar-refractivity contribution in [2.75, 3.05) is 6.54 Å². The molecule has 2 aromatic carbocycles. The van der Waals surface area contributed by atoms with Crippen molar-refractivity contribution < 1.29 is 0 Å². The number of aryl methyl sites for hydroxylation is 1. The van der Waals surface area contributed by atoms with Gasteiger partial charge in [0.05, 0.1) is 6.04 Å². The maximum absolute atomic E-state index is 3.78. The van der Waals surface area contributed by atoms with Crippen molar-refractivity contribution in [3.8, 4) is 0 Å². The SMILES string of the molecule is CCC(C)(C)CNC(c1ccccc1)c1ccccc1C. The molecule has 0 aliphatic heterocycles. The van der Waals surface area contributed by atoms with Gasteiger partial charge in [0.25, 0.3) is 0 Å². The second kappa shape index (κ2) is 6.91. The highest BCUT2D eigenvalue weighted by molar-refractivity contribution is 5.36. The fraction of sp³-hybridized carbons (Fsp3) is 0.400. The van der Waals surface area contributed by atoms with Crippen molar-refractivity contribution in [3.63, 3.8) is 0 Å². The van der Waals surface area contributed by atoms with Gasteiger partial charge < -0.3 is 5.32 Å². The van der Waals surface area contributed by atoms with Crippen LogP contribution in [0.25, 0.3) is 0 Å². The predicted octanol–water partition coefficient (Wildman–Crippen LogP) is 5.11. The van der Waals surface area contributed by atoms with Crippen molar-refractivity contribution in [1.29, 1.82) is 0 Å². The van der Waals surface area contributed by atoms with Crippen LogP contribution in [0.4, 0.5) is 0 Å². The molecule has 112 valence electrons. The number of hydrogen-bond donors (Lipinski definition) is 1. The summed E-state index contributed by atoms with van der Waals surface area (Å²) >= 11 is 0. The third kappa shape index (κ3) is 4.18. The highest BCUT2D eigenvalue weighted by atomic mass is 14.9. The van der Waals surface area contributed by atoms with E-state index in [-0.39, 0.29) is 6.04 Å². The highest BCUT2D eigenvalue weighted by Gasteiger charge is 2.20. The Bertz CT molecular complexity index is 557. The lowest BCUT2D eigenvalue weighted by Crippen LogP contribution is -2.32. The summed E-state index contributed by atoms with van der Waals surface area (Å²) in [4.78, 5) is 0. The molecule has 0 amide bonds. The van der Waals surface area contributed by atoms with Gasteiger partial charge in [0, 0.05) is 6.54 Å². The molecule has 0 fully saturated rings. The Balaban J connectivity index is 2.30. The molecule has 1 N–H and O–H groups in total. The average Bonchev–Trinajstić information content (AvgIpc) is 2.50. The monoisotopic (exact) mass is 281 g/mol. The summed E-state index contributed by atoms with van der Waals surface area (Å²) in [6.45, 7) is 10.1. The highest BCUT2D eigenvalue weighted by Crippen LogP contribution is 2.27. The number of nitrogens with one attached hydrogen (secondary N) is 1. The molecule has 21 heavy (non-hydrogen) atoms. The van der Waals surface area contributed by atoms with E-state index in [1.807, 2.05) is 0 Å². The van der Waals surface area contributed by atoms with Crippen LogP contribution in [0.3, 0.4) is 0 Å². The van der Waals surface area contributed by atoms with Crippen molar-refractivity contribution in [2.45, 2.75) is 40.2 Å². The summed E-state index contributed by atoms with van der Waals surface area (Å²) in [6, 6.07) is 19.7. The van der Waals surface area contributed by atoms with E-state index in [1.54, 1.807) is 0 Å². The molecule has 2 aromatic rings. The van der Waals surface area contributed by atoms with Gasteiger partial charge in [0.15, 0.2) is 0 Å². The summed E-state index contributed by atoms with van der Waals surface area (Å²) in [7, 11) is 0. The minimum atomic E-state index is 0.262. The van der Waals surface area contributed by atoms with Crippen molar-refractivity contribution in [3.05, 3.63) is 71.3 Å². The number of rotatable bonds is 6. The predicted molar refractivity (Wildman–Crippen MR) is 91.5 cm³/mol. The molecular weight excluding hydrogens is 254 g/mol. The van der Waals surface area contributed by atoms with Gasteiger partial charge in [-0.3, -0.25) is 0 Å². The molecule has 0 bridgehead atoms. The van der Waals surface area contributed by atoms with Crippen LogP contribution in [-0.4, -0.2) is 6.54 Å². The molecule has 1 unspecified atom stereocenters. The molecule has 1 atom stereocenters. The zero-order chi connectivity index (χ0) is 15.3. The van der Waals surface area contributed by atoms with Crippen molar-refractivity contribution >= 4 is 0 Å². The van der Waals surface area contributed by atoms with E-state index in [0.717, 1.165) is 6.54 Å². The first-order valence-electron chi connectivity index (χ1n) is 7.87. The first-order chi connectivity index (χ1) is 10.0. The van der Waals surface area contributed by atoms with Gasteiger partial charge >= 0.3 is 0 Å². The Morgan fingerprint density at radius 1 is 0.952 bits per heavy atom. The summed E-state index contributed by atoms with van der Waals surface area (Å²) in [5.41, 5.74) is 4.36. The molecule has 0 aromatic heterocycles. The van der Waals surface area contributed by atoms with Gasteiger partial charge in [-0.1, -0.05) is 75.4 Å². The quantitative estimate of drug-likeness (QED) is 0.775. The van der Waals surface area contributed by atoms with Gasteiger partial charge in [-0.15, -0.1) is 0 Å². The summed E-state index contributed by atoms with van der Waals surface area (Å²) in [5, 5.41) is 3.78. The molecule has 2 rings (SSSR count). The molecule has 0 radical (unpaired) electrons. The van der Waals surface area contributed by atoms with E-state index in [1.165, 1.54) is 23.1 Å². The van der Waals surface area contributed by atoms with Crippen LogP contribution in [0.1, 0.15) is 49.9 Å². The Hall–Kier alpha value is -1.60. The zero-order valence-electron chi connectivity index (χ0n) is 13.7. The lowest BCUT2D eigenvalue weighted by atomic mass is 9.88. The molecule has 1 nitrogen and oxygen atoms in total. The second-order valence-corrected chi connectivity index (χ2v) is 6.60. The van der Waals surface area contributed by atoms with E-state index in [4.69, 9.17) is 0 Å². The van der Waals surface area contributed by atoms with Crippen molar-refractivity contribution in [2.24, 2.45) is 5.41 Å². The second-order valence-electron chi connectivity index (χ2n) is 6.60. The minimum absolute atomic E-state index is 0.262. The molecule has 0 saturated carbocycles. The van der Waals surface area contributed by atoms with Gasteiger partial charge in [-0.25, -0.2) is 0 Å². The van der Waals surface area contributed by atoms with Gasteiger partial charge in [0.2, 0.25) is 0 Å². The Morgan fingerprint density at radius 2 is 1.57 bits per heavy atom. The van der Waals surface area contributed by atoms with E-state index >= 15 is 0 Å². The van der Waals surface area contributed by atoms with E-state index in [2.05, 4.69) is 87.6 Å². The summed E-state index contributed by atoms with van der Waals surface area (Å²) < 4.78 is 0. The molecule has 0 aliphatic carbocycles. The Morgan fingerprint density at radius 3 is 2.19 bits per heavy atom. The average molecular weight is 281 g/mol. The fourth-order valence-corrected chi connectivity index (χ4v) is 2.47. The first-order valence-corrected chi connectivity index (χ1v) is 7.87. The topological polar surface area (TPSA) is 12.0 Å². The first kappa shape index (κ1) is 15.8. The summed E-state index contributed by atoms with van der Waals surface area (Å²) in [5.74, 6) is 0. The Kier molecular flexibility index (Phi) is 5.19. The van der Waals surface area contributed by atoms with Gasteiger partial charge in [0.1, 0.15) is 0 Å². The van der Waals surface area contributed by atoms with Crippen LogP contribution in [0.5, 0.6) is 0 Å². The van der Waals surface area contributed by atoms with Crippen LogP contribution in [0.15, 0.2) is 54.6 Å². The van der Waals surface area contributed by atoms with Crippen LogP contribution >= 0.6 is 0 Å². The molecule has 1 heteroatoms. The van der Waals surface area contributed by atoms with E-state index < -0.39 is 0 Å². The maximum Gasteiger partial charge on any atom is 0.0579 e.